The summed E-state index contributed by atoms with van der Waals surface area (Å²) in [6.07, 6.45) is 0. The van der Waals surface area contributed by atoms with Crippen LogP contribution in [0.1, 0.15) is 22.3 Å². The summed E-state index contributed by atoms with van der Waals surface area (Å²) < 4.78 is 0. The average Bonchev–Trinajstić information content (AvgIpc) is 3.66. The van der Waals surface area contributed by atoms with Crippen LogP contribution in [0.3, 0.4) is 0 Å². The lowest BCUT2D eigenvalue weighted by Crippen LogP contribution is -2.28. The Morgan fingerprint density at radius 3 is 1.15 bits per heavy atom. The number of hydrogen-bond donors (Lipinski definition) is 0. The van der Waals surface area contributed by atoms with Crippen LogP contribution in [0.25, 0.3) is 55.6 Å². The molecule has 0 unspecified atom stereocenters. The molecule has 0 aliphatic heterocycles. The molecule has 0 spiro atoms. The number of nitrogens with zero attached hydrogens (tertiary/aromatic N) is 1. The molecular weight excluding hydrogens is 747 g/mol. The highest BCUT2D eigenvalue weighted by Crippen LogP contribution is 2.57. The first-order valence-corrected chi connectivity index (χ1v) is 21.4. The second-order valence-electron chi connectivity index (χ2n) is 16.0. The Morgan fingerprint density at radius 1 is 0.242 bits per heavy atom. The predicted octanol–water partition coefficient (Wildman–Crippen LogP) is 16.2. The molecule has 10 aromatic rings. The Labute approximate surface area is 364 Å². The van der Waals surface area contributed by atoms with E-state index in [2.05, 4.69) is 266 Å². The summed E-state index contributed by atoms with van der Waals surface area (Å²) in [5.41, 5.74) is 19.9. The van der Waals surface area contributed by atoms with Gasteiger partial charge in [-0.15, -0.1) is 0 Å². The monoisotopic (exact) mass is 789 g/mol. The van der Waals surface area contributed by atoms with E-state index in [0.717, 1.165) is 28.2 Å². The zero-order valence-corrected chi connectivity index (χ0v) is 34.3. The lowest BCUT2D eigenvalue weighted by Gasteiger charge is -2.35. The highest BCUT2D eigenvalue weighted by atomic mass is 15.1. The minimum atomic E-state index is -0.515. The van der Waals surface area contributed by atoms with Crippen molar-refractivity contribution in [3.05, 3.63) is 283 Å². The van der Waals surface area contributed by atoms with Gasteiger partial charge in [0.15, 0.2) is 0 Å². The van der Waals surface area contributed by atoms with Crippen molar-refractivity contribution in [2.24, 2.45) is 0 Å². The van der Waals surface area contributed by atoms with Crippen molar-refractivity contribution in [1.82, 2.24) is 0 Å². The zero-order valence-electron chi connectivity index (χ0n) is 34.3. The Balaban J connectivity index is 1.09. The lowest BCUT2D eigenvalue weighted by molar-refractivity contribution is 0.768. The van der Waals surface area contributed by atoms with Gasteiger partial charge in [-0.2, -0.15) is 0 Å². The van der Waals surface area contributed by atoms with Crippen molar-refractivity contribution in [2.45, 2.75) is 5.41 Å². The number of benzene rings is 10. The summed E-state index contributed by atoms with van der Waals surface area (Å²) in [5, 5.41) is 0. The van der Waals surface area contributed by atoms with Crippen LogP contribution in [0.4, 0.5) is 17.1 Å². The third-order valence-corrected chi connectivity index (χ3v) is 12.6. The van der Waals surface area contributed by atoms with E-state index in [1.54, 1.807) is 0 Å². The fourth-order valence-corrected chi connectivity index (χ4v) is 9.67. The summed E-state index contributed by atoms with van der Waals surface area (Å²) in [6, 6.07) is 95.2. The first kappa shape index (κ1) is 37.0. The van der Waals surface area contributed by atoms with Crippen molar-refractivity contribution in [1.29, 1.82) is 0 Å². The molecule has 0 fully saturated rings. The molecule has 292 valence electrons. The quantitative estimate of drug-likeness (QED) is 0.141. The molecule has 1 aliphatic carbocycles. The van der Waals surface area contributed by atoms with Gasteiger partial charge < -0.3 is 4.90 Å². The maximum absolute atomic E-state index is 2.46. The van der Waals surface area contributed by atoms with Gasteiger partial charge in [-0.1, -0.05) is 231 Å². The first-order valence-electron chi connectivity index (χ1n) is 21.4. The molecular formula is C61H43N. The number of hydrogen-bond acceptors (Lipinski definition) is 1. The summed E-state index contributed by atoms with van der Waals surface area (Å²) in [4.78, 5) is 2.45. The van der Waals surface area contributed by atoms with E-state index in [4.69, 9.17) is 0 Å². The third kappa shape index (κ3) is 6.43. The Morgan fingerprint density at radius 2 is 0.613 bits per heavy atom. The van der Waals surface area contributed by atoms with Crippen LogP contribution in [-0.4, -0.2) is 0 Å². The minimum absolute atomic E-state index is 0.515. The molecule has 0 saturated heterocycles. The second-order valence-corrected chi connectivity index (χ2v) is 16.0. The fraction of sp³-hybridized carbons (Fsp3) is 0.0164. The van der Waals surface area contributed by atoms with Crippen molar-refractivity contribution in [3.63, 3.8) is 0 Å². The van der Waals surface area contributed by atoms with Gasteiger partial charge >= 0.3 is 0 Å². The largest absolute Gasteiger partial charge is 0.310 e. The molecule has 1 aliphatic rings. The van der Waals surface area contributed by atoms with Crippen LogP contribution >= 0.6 is 0 Å². The molecule has 11 rings (SSSR count). The molecule has 0 bridgehead atoms. The molecule has 10 aromatic carbocycles. The SMILES string of the molecule is c1ccc(-c2ccc(-c3ccc(N(c4ccc5c(c4)C(c4ccccc4)(c4ccccc4)c4ccccc4-5)c4ccccc4-c4ccc(-c5ccccc5)cc4)cc3)cc2)cc1. The van der Waals surface area contributed by atoms with Gasteiger partial charge in [0.2, 0.25) is 0 Å². The fourth-order valence-electron chi connectivity index (χ4n) is 9.67. The van der Waals surface area contributed by atoms with Crippen LogP contribution in [0.5, 0.6) is 0 Å². The highest BCUT2D eigenvalue weighted by Gasteiger charge is 2.46. The number of rotatable bonds is 9. The Kier molecular flexibility index (Phi) is 9.48. The molecule has 0 heterocycles. The van der Waals surface area contributed by atoms with E-state index in [0.29, 0.717) is 0 Å². The van der Waals surface area contributed by atoms with Gasteiger partial charge in [-0.3, -0.25) is 0 Å². The molecule has 0 saturated carbocycles. The molecule has 1 heteroatoms. The number of para-hydroxylation sites is 1. The summed E-state index contributed by atoms with van der Waals surface area (Å²) >= 11 is 0. The van der Waals surface area contributed by atoms with Crippen LogP contribution in [0, 0.1) is 0 Å². The Hall–Kier alpha value is -8.00. The van der Waals surface area contributed by atoms with E-state index in [9.17, 15) is 0 Å². The molecule has 0 radical (unpaired) electrons. The third-order valence-electron chi connectivity index (χ3n) is 12.6. The van der Waals surface area contributed by atoms with E-state index in [-0.39, 0.29) is 0 Å². The average molecular weight is 790 g/mol. The topological polar surface area (TPSA) is 3.24 Å². The maximum Gasteiger partial charge on any atom is 0.0714 e. The Bertz CT molecular complexity index is 3080. The second kappa shape index (κ2) is 15.9. The molecule has 0 atom stereocenters. The molecule has 0 aromatic heterocycles. The van der Waals surface area contributed by atoms with Crippen LogP contribution in [0.2, 0.25) is 0 Å². The van der Waals surface area contributed by atoms with E-state index in [1.165, 1.54) is 66.8 Å². The van der Waals surface area contributed by atoms with Crippen molar-refractivity contribution in [3.8, 4) is 55.6 Å². The number of fused-ring (bicyclic) bond motifs is 3. The van der Waals surface area contributed by atoms with Crippen molar-refractivity contribution >= 4 is 17.1 Å². The highest BCUT2D eigenvalue weighted by molar-refractivity contribution is 5.93. The minimum Gasteiger partial charge on any atom is -0.310 e. The van der Waals surface area contributed by atoms with E-state index >= 15 is 0 Å². The van der Waals surface area contributed by atoms with Crippen LogP contribution < -0.4 is 4.90 Å². The molecule has 0 amide bonds. The van der Waals surface area contributed by atoms with Crippen LogP contribution in [-0.2, 0) is 5.41 Å². The summed E-state index contributed by atoms with van der Waals surface area (Å²) in [7, 11) is 0. The van der Waals surface area contributed by atoms with Crippen molar-refractivity contribution in [2.75, 3.05) is 4.90 Å². The first-order chi connectivity index (χ1) is 30.8. The maximum atomic E-state index is 2.46. The zero-order chi connectivity index (χ0) is 41.3. The van der Waals surface area contributed by atoms with Gasteiger partial charge in [0, 0.05) is 16.9 Å². The molecule has 1 nitrogen and oxygen atoms in total. The predicted molar refractivity (Wildman–Crippen MR) is 260 cm³/mol. The van der Waals surface area contributed by atoms with E-state index in [1.807, 2.05) is 0 Å². The van der Waals surface area contributed by atoms with Gasteiger partial charge in [-0.05, 0) is 103 Å². The summed E-state index contributed by atoms with van der Waals surface area (Å²) in [6.45, 7) is 0. The van der Waals surface area contributed by atoms with E-state index < -0.39 is 5.41 Å². The van der Waals surface area contributed by atoms with Gasteiger partial charge in [-0.25, -0.2) is 0 Å². The number of anilines is 3. The lowest BCUT2D eigenvalue weighted by atomic mass is 9.67. The van der Waals surface area contributed by atoms with Gasteiger partial charge in [0.1, 0.15) is 0 Å². The molecule has 62 heavy (non-hydrogen) atoms. The molecule has 0 N–H and O–H groups in total. The van der Waals surface area contributed by atoms with Gasteiger partial charge in [0.25, 0.3) is 0 Å². The van der Waals surface area contributed by atoms with Crippen LogP contribution in [0.15, 0.2) is 261 Å². The standard InChI is InChI=1S/C61H43N/c1-5-17-44(18-6-1)46-29-31-48(32-30-46)49-37-39-53(40-38-49)62(60-28-16-14-25-55(60)50-35-33-47(34-36-50)45-19-7-2-8-20-45)54-41-42-57-56-26-13-15-27-58(56)61(59(57)43-54,51-21-9-3-10-22-51)52-23-11-4-12-24-52/h1-43H. The smallest absolute Gasteiger partial charge is 0.0714 e. The summed E-state index contributed by atoms with van der Waals surface area (Å²) in [5.74, 6) is 0. The van der Waals surface area contributed by atoms with Crippen molar-refractivity contribution < 1.29 is 0 Å². The van der Waals surface area contributed by atoms with Gasteiger partial charge in [0.05, 0.1) is 11.1 Å². The normalized spacial score (nSPS) is 12.3.